The molecule has 0 amide bonds. The first-order valence-corrected chi connectivity index (χ1v) is 17.5. The molecule has 2 heterocycles. The second-order valence-corrected chi connectivity index (χ2v) is 13.8. The van der Waals surface area contributed by atoms with Gasteiger partial charge in [-0.15, -0.1) is 0 Å². The number of hydrogen-bond acceptors (Lipinski definition) is 4. The molecule has 0 saturated carbocycles. The van der Waals surface area contributed by atoms with Gasteiger partial charge in [0.1, 0.15) is 12.7 Å². The molecular formula is C45H52IrN4+3. The number of benzene rings is 4. The van der Waals surface area contributed by atoms with E-state index < -0.39 is 0 Å². The van der Waals surface area contributed by atoms with Crippen molar-refractivity contribution < 1.29 is 20.1 Å². The Morgan fingerprint density at radius 1 is 0.400 bits per heavy atom. The largest absolute Gasteiger partial charge is 3.00 e. The molecule has 0 aliphatic rings. The van der Waals surface area contributed by atoms with E-state index in [-0.39, 0.29) is 20.1 Å². The first-order valence-electron chi connectivity index (χ1n) is 17.5. The molecule has 5 heteroatoms. The van der Waals surface area contributed by atoms with Crippen LogP contribution in [0.3, 0.4) is 0 Å². The van der Waals surface area contributed by atoms with Gasteiger partial charge < -0.3 is 0 Å². The van der Waals surface area contributed by atoms with Gasteiger partial charge in [-0.1, -0.05) is 142 Å². The van der Waals surface area contributed by atoms with Gasteiger partial charge in [-0.2, -0.15) is 0 Å². The minimum absolute atomic E-state index is 0. The molecule has 0 aliphatic heterocycles. The predicted molar refractivity (Wildman–Crippen MR) is 208 cm³/mol. The van der Waals surface area contributed by atoms with Gasteiger partial charge in [-0.25, -0.2) is 19.9 Å². The third-order valence-electron chi connectivity index (χ3n) is 8.15. The van der Waals surface area contributed by atoms with Crippen LogP contribution in [0.5, 0.6) is 0 Å². The summed E-state index contributed by atoms with van der Waals surface area (Å²) >= 11 is 0. The molecule has 6 rings (SSSR count). The predicted octanol–water partition coefficient (Wildman–Crippen LogP) is 12.3. The second kappa shape index (κ2) is 20.4. The Bertz CT molecular complexity index is 1650. The van der Waals surface area contributed by atoms with Crippen molar-refractivity contribution in [1.82, 2.24) is 19.9 Å². The summed E-state index contributed by atoms with van der Waals surface area (Å²) in [7, 11) is 0. The quantitative estimate of drug-likeness (QED) is 0.153. The third kappa shape index (κ3) is 13.2. The van der Waals surface area contributed by atoms with Crippen LogP contribution in [-0.4, -0.2) is 19.9 Å². The number of nitrogens with zero attached hydrogens (tertiary/aromatic N) is 4. The molecule has 258 valence electrons. The third-order valence-corrected chi connectivity index (χ3v) is 8.15. The van der Waals surface area contributed by atoms with Crippen LogP contribution in [0.1, 0.15) is 69.2 Å². The maximum absolute atomic E-state index is 4.39. The van der Waals surface area contributed by atoms with Crippen molar-refractivity contribution in [2.24, 2.45) is 11.8 Å². The molecule has 4 aromatic carbocycles. The van der Waals surface area contributed by atoms with E-state index in [0.717, 1.165) is 56.9 Å². The van der Waals surface area contributed by atoms with Gasteiger partial charge in [0.2, 0.25) is 0 Å². The molecule has 50 heavy (non-hydrogen) atoms. The van der Waals surface area contributed by atoms with Crippen molar-refractivity contribution in [2.45, 2.75) is 74.7 Å². The van der Waals surface area contributed by atoms with E-state index in [0.29, 0.717) is 0 Å². The minimum Gasteiger partial charge on any atom is -0.236 e. The molecule has 0 fully saturated rings. The number of hydrogen-bond donors (Lipinski definition) is 0. The fourth-order valence-electron chi connectivity index (χ4n) is 5.50. The van der Waals surface area contributed by atoms with E-state index in [9.17, 15) is 0 Å². The van der Waals surface area contributed by atoms with Crippen LogP contribution < -0.4 is 0 Å². The van der Waals surface area contributed by atoms with Gasteiger partial charge >= 0.3 is 20.1 Å². The molecule has 0 unspecified atom stereocenters. The Hall–Kier alpha value is -4.31. The van der Waals surface area contributed by atoms with Crippen molar-refractivity contribution in [1.29, 1.82) is 0 Å². The van der Waals surface area contributed by atoms with Crippen molar-refractivity contribution in [3.8, 4) is 45.0 Å². The molecule has 0 saturated heterocycles. The van der Waals surface area contributed by atoms with E-state index >= 15 is 0 Å². The fraction of sp³-hybridized carbons (Fsp3) is 0.289. The van der Waals surface area contributed by atoms with Gasteiger partial charge in [-0.05, 0) is 75.9 Å². The van der Waals surface area contributed by atoms with E-state index in [1.54, 1.807) is 12.7 Å². The summed E-state index contributed by atoms with van der Waals surface area (Å²) < 4.78 is 0. The topological polar surface area (TPSA) is 51.6 Å². The molecule has 0 aliphatic carbocycles. The van der Waals surface area contributed by atoms with Crippen molar-refractivity contribution in [2.75, 3.05) is 0 Å². The minimum atomic E-state index is 0. The molecule has 2 aromatic heterocycles. The van der Waals surface area contributed by atoms with E-state index in [2.05, 4.69) is 172 Å². The standard InChI is InChI=1S/2C18H16N2.C9H20.Ir/c2*1-13-5-3-7-15(9-13)17-11-18(20-12-19-17)16-8-4-6-14(2)10-16;1-8(2)6-5-7-9(3)4;/h2*3-12H,1-2H3;8-9H,5-7H2,1-4H3;/q;;;+3. The summed E-state index contributed by atoms with van der Waals surface area (Å²) in [6.45, 7) is 17.5. The number of aromatic nitrogens is 4. The Balaban J connectivity index is 0.000000216. The van der Waals surface area contributed by atoms with Crippen molar-refractivity contribution in [3.63, 3.8) is 0 Å². The summed E-state index contributed by atoms with van der Waals surface area (Å²) in [4.78, 5) is 17.6. The average molecular weight is 841 g/mol. The van der Waals surface area contributed by atoms with Gasteiger partial charge in [0.05, 0.1) is 22.8 Å². The summed E-state index contributed by atoms with van der Waals surface area (Å²) in [6, 6.07) is 37.5. The van der Waals surface area contributed by atoms with Gasteiger partial charge in [0.25, 0.3) is 0 Å². The Kier molecular flexibility index (Phi) is 16.4. The molecule has 6 aromatic rings. The zero-order chi connectivity index (χ0) is 35.2. The SMILES string of the molecule is CC(C)CCCC(C)C.Cc1cccc(-c2cc(-c3cccc(C)c3)ncn2)c1.Cc1cccc(-c2cc(-c3cccc(C)c3)ncn2)c1.[Ir+3]. The van der Waals surface area contributed by atoms with E-state index in [4.69, 9.17) is 0 Å². The van der Waals surface area contributed by atoms with Crippen molar-refractivity contribution in [3.05, 3.63) is 144 Å². The van der Waals surface area contributed by atoms with E-state index in [1.807, 2.05) is 12.1 Å². The number of aryl methyl sites for hydroxylation is 4. The zero-order valence-corrected chi connectivity index (χ0v) is 33.3. The van der Waals surface area contributed by atoms with Gasteiger partial charge in [0, 0.05) is 22.3 Å². The second-order valence-electron chi connectivity index (χ2n) is 13.8. The summed E-state index contributed by atoms with van der Waals surface area (Å²) in [6.07, 6.45) is 7.48. The summed E-state index contributed by atoms with van der Waals surface area (Å²) in [5.41, 5.74) is 13.3. The van der Waals surface area contributed by atoms with Crippen LogP contribution in [0.2, 0.25) is 0 Å². The number of rotatable bonds is 8. The Labute approximate surface area is 314 Å². The Morgan fingerprint density at radius 3 is 0.880 bits per heavy atom. The maximum atomic E-state index is 4.39. The molecule has 0 bridgehead atoms. The molecule has 0 atom stereocenters. The zero-order valence-electron chi connectivity index (χ0n) is 30.9. The summed E-state index contributed by atoms with van der Waals surface area (Å²) in [5.74, 6) is 1.78. The summed E-state index contributed by atoms with van der Waals surface area (Å²) in [5, 5.41) is 0. The van der Waals surface area contributed by atoms with E-state index in [1.165, 1.54) is 41.5 Å². The van der Waals surface area contributed by atoms with Crippen LogP contribution in [-0.2, 0) is 20.1 Å². The average Bonchev–Trinajstić information content (AvgIpc) is 3.09. The molecule has 0 radical (unpaired) electrons. The smallest absolute Gasteiger partial charge is 0.236 e. The van der Waals surface area contributed by atoms with Crippen LogP contribution in [0, 0.1) is 39.5 Å². The normalized spacial score (nSPS) is 10.4. The van der Waals surface area contributed by atoms with Crippen LogP contribution >= 0.6 is 0 Å². The van der Waals surface area contributed by atoms with Crippen LogP contribution in [0.15, 0.2) is 122 Å². The van der Waals surface area contributed by atoms with Crippen LogP contribution in [0.4, 0.5) is 0 Å². The maximum Gasteiger partial charge on any atom is 3.00 e. The van der Waals surface area contributed by atoms with Crippen LogP contribution in [0.25, 0.3) is 45.0 Å². The molecular weight excluding hydrogens is 789 g/mol. The van der Waals surface area contributed by atoms with Gasteiger partial charge in [-0.3, -0.25) is 0 Å². The monoisotopic (exact) mass is 841 g/mol. The first-order chi connectivity index (χ1) is 23.6. The molecule has 4 nitrogen and oxygen atoms in total. The molecule has 0 spiro atoms. The molecule has 0 N–H and O–H groups in total. The fourth-order valence-corrected chi connectivity index (χ4v) is 5.50. The first kappa shape index (κ1) is 40.1. The van der Waals surface area contributed by atoms with Crippen molar-refractivity contribution >= 4 is 0 Å². The van der Waals surface area contributed by atoms with Gasteiger partial charge in [0.15, 0.2) is 0 Å². The Morgan fingerprint density at radius 2 is 0.660 bits per heavy atom.